The number of imidazole rings is 1. The van der Waals surface area contributed by atoms with E-state index >= 15 is 0 Å². The molecule has 0 radical (unpaired) electrons. The van der Waals surface area contributed by atoms with Crippen LogP contribution >= 0.6 is 0 Å². The monoisotopic (exact) mass is 278 g/mol. The van der Waals surface area contributed by atoms with Gasteiger partial charge in [0.05, 0.1) is 5.56 Å². The Balaban J connectivity index is 2.23. The number of hydrogen-bond acceptors (Lipinski definition) is 1. The minimum Gasteiger partial charge on any atom is -0.262 e. The van der Waals surface area contributed by atoms with Crippen LogP contribution in [-0.4, -0.2) is 9.55 Å². The van der Waals surface area contributed by atoms with Gasteiger partial charge in [-0.3, -0.25) is 4.57 Å². The van der Waals surface area contributed by atoms with E-state index in [9.17, 15) is 13.2 Å². The molecule has 0 atom stereocenters. The van der Waals surface area contributed by atoms with E-state index in [1.54, 1.807) is 17.0 Å². The Morgan fingerprint density at radius 1 is 1.15 bits per heavy atom. The first-order valence-corrected chi connectivity index (χ1v) is 6.10. The molecule has 0 saturated carbocycles. The van der Waals surface area contributed by atoms with Crippen LogP contribution in [0.4, 0.5) is 13.2 Å². The predicted octanol–water partition coefficient (Wildman–Crippen LogP) is 3.88. The lowest BCUT2D eigenvalue weighted by molar-refractivity contribution is -0.137. The summed E-state index contributed by atoms with van der Waals surface area (Å²) in [4.78, 5) is 4.19. The first kappa shape index (κ1) is 14.2. The maximum atomic E-state index is 12.4. The Morgan fingerprint density at radius 2 is 1.80 bits per heavy atom. The topological polar surface area (TPSA) is 17.8 Å². The van der Waals surface area contributed by atoms with Crippen molar-refractivity contribution in [2.75, 3.05) is 0 Å². The summed E-state index contributed by atoms with van der Waals surface area (Å²) >= 11 is 0. The van der Waals surface area contributed by atoms with Crippen LogP contribution < -0.4 is 0 Å². The van der Waals surface area contributed by atoms with Gasteiger partial charge in [0.25, 0.3) is 0 Å². The molecule has 2 aromatic rings. The van der Waals surface area contributed by atoms with Crippen molar-refractivity contribution in [3.63, 3.8) is 0 Å². The number of aromatic nitrogens is 2. The van der Waals surface area contributed by atoms with E-state index in [4.69, 9.17) is 0 Å². The fraction of sp³-hybridized carbons (Fsp3) is 0.267. The van der Waals surface area contributed by atoms with Gasteiger partial charge < -0.3 is 0 Å². The fourth-order valence-electron chi connectivity index (χ4n) is 1.70. The van der Waals surface area contributed by atoms with Crippen molar-refractivity contribution in [1.29, 1.82) is 0 Å². The van der Waals surface area contributed by atoms with E-state index in [-0.39, 0.29) is 5.92 Å². The zero-order chi connectivity index (χ0) is 14.8. The van der Waals surface area contributed by atoms with Crippen LogP contribution in [0.2, 0.25) is 0 Å². The molecule has 0 amide bonds. The lowest BCUT2D eigenvalue weighted by Crippen LogP contribution is -2.04. The molecule has 1 aromatic heterocycles. The summed E-state index contributed by atoms with van der Waals surface area (Å²) in [7, 11) is 0. The molecule has 104 valence electrons. The van der Waals surface area contributed by atoms with Crippen LogP contribution in [-0.2, 0) is 6.18 Å². The Labute approximate surface area is 115 Å². The molecule has 0 spiro atoms. The van der Waals surface area contributed by atoms with Crippen molar-refractivity contribution in [1.82, 2.24) is 9.55 Å². The maximum absolute atomic E-state index is 12.4. The molecule has 5 heteroatoms. The molecule has 1 heterocycles. The molecule has 0 saturated heterocycles. The number of halogens is 3. The summed E-state index contributed by atoms with van der Waals surface area (Å²) in [5.41, 5.74) is -0.144. The van der Waals surface area contributed by atoms with E-state index < -0.39 is 11.7 Å². The lowest BCUT2D eigenvalue weighted by Gasteiger charge is -2.05. The molecule has 0 aliphatic carbocycles. The Morgan fingerprint density at radius 3 is 2.35 bits per heavy atom. The van der Waals surface area contributed by atoms with Crippen LogP contribution in [0.5, 0.6) is 0 Å². The molecule has 0 aliphatic heterocycles. The van der Waals surface area contributed by atoms with Gasteiger partial charge in [-0.05, 0) is 30.2 Å². The molecule has 0 aliphatic rings. The highest BCUT2D eigenvalue weighted by atomic mass is 19.4. The minimum absolute atomic E-state index is 0.229. The summed E-state index contributed by atoms with van der Waals surface area (Å²) in [5, 5.41) is 0. The SMILES string of the molecule is CC(C)c1nccn1C#Cc1ccc(C(F)(F)F)cc1. The molecule has 2 nitrogen and oxygen atoms in total. The second-order valence-corrected chi connectivity index (χ2v) is 4.62. The Bertz CT molecular complexity index is 640. The van der Waals surface area contributed by atoms with E-state index in [1.165, 1.54) is 12.1 Å². The van der Waals surface area contributed by atoms with Gasteiger partial charge in [0.2, 0.25) is 0 Å². The first-order valence-electron chi connectivity index (χ1n) is 6.10. The van der Waals surface area contributed by atoms with E-state index in [0.717, 1.165) is 18.0 Å². The third-order valence-electron chi connectivity index (χ3n) is 2.72. The lowest BCUT2D eigenvalue weighted by atomic mass is 10.1. The summed E-state index contributed by atoms with van der Waals surface area (Å²) in [6, 6.07) is 7.66. The zero-order valence-corrected chi connectivity index (χ0v) is 11.1. The van der Waals surface area contributed by atoms with Crippen molar-refractivity contribution in [3.8, 4) is 12.0 Å². The van der Waals surface area contributed by atoms with Gasteiger partial charge >= 0.3 is 6.18 Å². The van der Waals surface area contributed by atoms with Crippen molar-refractivity contribution in [3.05, 3.63) is 53.6 Å². The predicted molar refractivity (Wildman–Crippen MR) is 70.0 cm³/mol. The molecule has 0 N–H and O–H groups in total. The second-order valence-electron chi connectivity index (χ2n) is 4.62. The summed E-state index contributed by atoms with van der Waals surface area (Å²) in [5.74, 6) is 3.88. The third kappa shape index (κ3) is 3.21. The number of nitrogens with zero attached hydrogens (tertiary/aromatic N) is 2. The Hall–Kier alpha value is -2.22. The van der Waals surface area contributed by atoms with E-state index in [2.05, 4.69) is 16.9 Å². The average Bonchev–Trinajstić information content (AvgIpc) is 2.84. The maximum Gasteiger partial charge on any atom is 0.416 e. The van der Waals surface area contributed by atoms with Crippen LogP contribution in [0.15, 0.2) is 36.7 Å². The molecular weight excluding hydrogens is 265 g/mol. The van der Waals surface area contributed by atoms with Crippen molar-refractivity contribution < 1.29 is 13.2 Å². The van der Waals surface area contributed by atoms with Gasteiger partial charge in [-0.1, -0.05) is 13.8 Å². The average molecular weight is 278 g/mol. The molecule has 20 heavy (non-hydrogen) atoms. The second kappa shape index (κ2) is 5.41. The van der Waals surface area contributed by atoms with Crippen LogP contribution in [0.25, 0.3) is 0 Å². The van der Waals surface area contributed by atoms with Crippen molar-refractivity contribution in [2.45, 2.75) is 25.9 Å². The molecule has 0 fully saturated rings. The van der Waals surface area contributed by atoms with E-state index in [0.29, 0.717) is 5.56 Å². The highest BCUT2D eigenvalue weighted by Crippen LogP contribution is 2.28. The first-order chi connectivity index (χ1) is 9.38. The van der Waals surface area contributed by atoms with Gasteiger partial charge in [0, 0.05) is 29.9 Å². The summed E-state index contributed by atoms with van der Waals surface area (Å²) in [6.07, 6.45) is -0.940. The van der Waals surface area contributed by atoms with Gasteiger partial charge in [-0.2, -0.15) is 13.2 Å². The standard InChI is InChI=1S/C15H13F3N2/c1-11(2)14-19-8-10-20(14)9-7-12-3-5-13(6-4-12)15(16,17)18/h3-6,8,10-11H,1-2H3. The molecule has 2 rings (SSSR count). The third-order valence-corrected chi connectivity index (χ3v) is 2.72. The van der Waals surface area contributed by atoms with Crippen molar-refractivity contribution >= 4 is 0 Å². The molecule has 0 bridgehead atoms. The molecular formula is C15H13F3N2. The number of rotatable bonds is 1. The number of alkyl halides is 3. The van der Waals surface area contributed by atoms with Gasteiger partial charge in [-0.15, -0.1) is 0 Å². The normalized spacial score (nSPS) is 11.3. The Kier molecular flexibility index (Phi) is 3.84. The fourth-order valence-corrected chi connectivity index (χ4v) is 1.70. The largest absolute Gasteiger partial charge is 0.416 e. The van der Waals surface area contributed by atoms with Gasteiger partial charge in [0.1, 0.15) is 5.82 Å². The van der Waals surface area contributed by atoms with Gasteiger partial charge in [0.15, 0.2) is 0 Å². The summed E-state index contributed by atoms with van der Waals surface area (Å²) < 4.78 is 38.9. The number of benzene rings is 1. The molecule has 0 unspecified atom stereocenters. The van der Waals surface area contributed by atoms with Crippen LogP contribution in [0.1, 0.15) is 36.7 Å². The highest BCUT2D eigenvalue weighted by molar-refractivity contribution is 5.37. The van der Waals surface area contributed by atoms with Crippen LogP contribution in [0, 0.1) is 12.0 Å². The van der Waals surface area contributed by atoms with Crippen molar-refractivity contribution in [2.24, 2.45) is 0 Å². The zero-order valence-electron chi connectivity index (χ0n) is 11.1. The smallest absolute Gasteiger partial charge is 0.262 e. The number of hydrogen-bond donors (Lipinski definition) is 0. The van der Waals surface area contributed by atoms with Gasteiger partial charge in [-0.25, -0.2) is 4.98 Å². The van der Waals surface area contributed by atoms with E-state index in [1.807, 2.05) is 13.8 Å². The quantitative estimate of drug-likeness (QED) is 0.724. The highest BCUT2D eigenvalue weighted by Gasteiger charge is 2.29. The summed E-state index contributed by atoms with van der Waals surface area (Å²) in [6.45, 7) is 4.00. The van der Waals surface area contributed by atoms with Crippen LogP contribution in [0.3, 0.4) is 0 Å². The molecule has 1 aromatic carbocycles. The minimum atomic E-state index is -4.32.